The fraction of sp³-hybridized carbons (Fsp3) is 0.462. The maximum atomic E-state index is 13.2. The first-order chi connectivity index (χ1) is 8.58. The number of benzene rings is 1. The van der Waals surface area contributed by atoms with Crippen molar-refractivity contribution in [1.29, 1.82) is 0 Å². The molecule has 1 aromatic carbocycles. The van der Waals surface area contributed by atoms with E-state index in [-0.39, 0.29) is 11.7 Å². The van der Waals surface area contributed by atoms with E-state index < -0.39 is 0 Å². The van der Waals surface area contributed by atoms with Crippen molar-refractivity contribution in [3.63, 3.8) is 0 Å². The number of halogens is 2. The molecule has 1 aromatic rings. The SMILES string of the molecule is CN1CCCN(C(=O)c2cc(F)ccc2Br)CC1. The summed E-state index contributed by atoms with van der Waals surface area (Å²) in [7, 11) is 2.05. The van der Waals surface area contributed by atoms with E-state index in [9.17, 15) is 9.18 Å². The quantitative estimate of drug-likeness (QED) is 0.794. The van der Waals surface area contributed by atoms with E-state index in [1.807, 2.05) is 7.05 Å². The fourth-order valence-electron chi connectivity index (χ4n) is 2.08. The molecular weight excluding hydrogens is 299 g/mol. The van der Waals surface area contributed by atoms with Crippen molar-refractivity contribution in [1.82, 2.24) is 9.80 Å². The molecule has 3 nitrogen and oxygen atoms in total. The van der Waals surface area contributed by atoms with Crippen molar-refractivity contribution in [2.45, 2.75) is 6.42 Å². The molecule has 0 unspecified atom stereocenters. The number of hydrogen-bond acceptors (Lipinski definition) is 2. The van der Waals surface area contributed by atoms with Crippen LogP contribution in [0.5, 0.6) is 0 Å². The van der Waals surface area contributed by atoms with Gasteiger partial charge in [-0.2, -0.15) is 0 Å². The van der Waals surface area contributed by atoms with Gasteiger partial charge in [0.15, 0.2) is 0 Å². The van der Waals surface area contributed by atoms with Gasteiger partial charge in [-0.25, -0.2) is 4.39 Å². The highest BCUT2D eigenvalue weighted by molar-refractivity contribution is 9.10. The fourth-order valence-corrected chi connectivity index (χ4v) is 2.50. The summed E-state index contributed by atoms with van der Waals surface area (Å²) in [4.78, 5) is 16.3. The monoisotopic (exact) mass is 314 g/mol. The Morgan fingerprint density at radius 1 is 1.28 bits per heavy atom. The molecule has 0 aliphatic carbocycles. The molecule has 0 aromatic heterocycles. The van der Waals surface area contributed by atoms with E-state index in [4.69, 9.17) is 0 Å². The molecular formula is C13H16BrFN2O. The third-order valence-corrected chi connectivity index (χ3v) is 3.86. The lowest BCUT2D eigenvalue weighted by atomic mass is 10.2. The smallest absolute Gasteiger partial charge is 0.255 e. The molecule has 0 saturated carbocycles. The van der Waals surface area contributed by atoms with Crippen LogP contribution in [-0.4, -0.2) is 48.9 Å². The summed E-state index contributed by atoms with van der Waals surface area (Å²) in [6.07, 6.45) is 0.954. The second-order valence-corrected chi connectivity index (χ2v) is 5.43. The Balaban J connectivity index is 2.17. The van der Waals surface area contributed by atoms with E-state index in [2.05, 4.69) is 20.8 Å². The van der Waals surface area contributed by atoms with Crippen LogP contribution in [0, 0.1) is 5.82 Å². The Labute approximate surface area is 115 Å². The maximum absolute atomic E-state index is 13.2. The molecule has 0 atom stereocenters. The average Bonchev–Trinajstić information content (AvgIpc) is 2.56. The van der Waals surface area contributed by atoms with Crippen LogP contribution in [0.1, 0.15) is 16.8 Å². The lowest BCUT2D eigenvalue weighted by molar-refractivity contribution is 0.0761. The number of amides is 1. The molecule has 0 spiro atoms. The number of hydrogen-bond donors (Lipinski definition) is 0. The van der Waals surface area contributed by atoms with E-state index in [1.54, 1.807) is 11.0 Å². The van der Waals surface area contributed by atoms with Crippen molar-refractivity contribution in [2.24, 2.45) is 0 Å². The molecule has 1 amide bonds. The molecule has 1 aliphatic rings. The van der Waals surface area contributed by atoms with Gasteiger partial charge in [-0.1, -0.05) is 0 Å². The molecule has 18 heavy (non-hydrogen) atoms. The summed E-state index contributed by atoms with van der Waals surface area (Å²) in [6, 6.07) is 4.21. The topological polar surface area (TPSA) is 23.6 Å². The van der Waals surface area contributed by atoms with Gasteiger partial charge < -0.3 is 9.80 Å². The molecule has 2 rings (SSSR count). The zero-order chi connectivity index (χ0) is 13.1. The van der Waals surface area contributed by atoms with Gasteiger partial charge in [-0.3, -0.25) is 4.79 Å². The standard InChI is InChI=1S/C13H16BrFN2O/c1-16-5-2-6-17(8-7-16)13(18)11-9-10(15)3-4-12(11)14/h3-4,9H,2,5-8H2,1H3. The molecule has 0 bridgehead atoms. The van der Waals surface area contributed by atoms with E-state index >= 15 is 0 Å². The van der Waals surface area contributed by atoms with Crippen molar-refractivity contribution in [2.75, 3.05) is 33.2 Å². The minimum absolute atomic E-state index is 0.100. The van der Waals surface area contributed by atoms with Crippen LogP contribution in [0.15, 0.2) is 22.7 Å². The summed E-state index contributed by atoms with van der Waals surface area (Å²) >= 11 is 3.30. The second-order valence-electron chi connectivity index (χ2n) is 4.57. The number of rotatable bonds is 1. The summed E-state index contributed by atoms with van der Waals surface area (Å²) in [5.41, 5.74) is 0.402. The van der Waals surface area contributed by atoms with E-state index in [0.29, 0.717) is 16.6 Å². The summed E-state index contributed by atoms with van der Waals surface area (Å²) in [5, 5.41) is 0. The normalized spacial score (nSPS) is 17.6. The largest absolute Gasteiger partial charge is 0.337 e. The Morgan fingerprint density at radius 3 is 2.83 bits per heavy atom. The molecule has 1 saturated heterocycles. The summed E-state index contributed by atoms with van der Waals surface area (Å²) in [6.45, 7) is 3.27. The van der Waals surface area contributed by atoms with Gasteiger partial charge in [0.05, 0.1) is 5.56 Å². The molecule has 0 radical (unpaired) electrons. The zero-order valence-corrected chi connectivity index (χ0v) is 11.9. The first-order valence-electron chi connectivity index (χ1n) is 6.01. The lowest BCUT2D eigenvalue weighted by Crippen LogP contribution is -2.34. The van der Waals surface area contributed by atoms with Crippen molar-refractivity contribution >= 4 is 21.8 Å². The van der Waals surface area contributed by atoms with Gasteiger partial charge >= 0.3 is 0 Å². The first-order valence-corrected chi connectivity index (χ1v) is 6.80. The molecule has 5 heteroatoms. The predicted molar refractivity (Wildman–Crippen MR) is 72.1 cm³/mol. The van der Waals surface area contributed by atoms with Crippen molar-refractivity contribution < 1.29 is 9.18 Å². The van der Waals surface area contributed by atoms with Gasteiger partial charge in [-0.15, -0.1) is 0 Å². The highest BCUT2D eigenvalue weighted by atomic mass is 79.9. The first kappa shape index (κ1) is 13.5. The summed E-state index contributed by atoms with van der Waals surface area (Å²) in [5.74, 6) is -0.481. The minimum atomic E-state index is -0.381. The van der Waals surface area contributed by atoms with Crippen LogP contribution >= 0.6 is 15.9 Å². The minimum Gasteiger partial charge on any atom is -0.337 e. The van der Waals surface area contributed by atoms with Gasteiger partial charge in [0, 0.05) is 24.1 Å². The van der Waals surface area contributed by atoms with Crippen LogP contribution < -0.4 is 0 Å². The number of likely N-dealkylation sites (N-methyl/N-ethyl adjacent to an activating group) is 1. The highest BCUT2D eigenvalue weighted by Gasteiger charge is 2.21. The van der Waals surface area contributed by atoms with Gasteiger partial charge in [0.2, 0.25) is 0 Å². The molecule has 0 N–H and O–H groups in total. The average molecular weight is 315 g/mol. The highest BCUT2D eigenvalue weighted by Crippen LogP contribution is 2.20. The molecule has 98 valence electrons. The van der Waals surface area contributed by atoms with Crippen molar-refractivity contribution in [3.05, 3.63) is 34.1 Å². The van der Waals surface area contributed by atoms with Gasteiger partial charge in [-0.05, 0) is 54.1 Å². The van der Waals surface area contributed by atoms with Gasteiger partial charge in [0.1, 0.15) is 5.82 Å². The van der Waals surface area contributed by atoms with Gasteiger partial charge in [0.25, 0.3) is 5.91 Å². The Kier molecular flexibility index (Phi) is 4.35. The third-order valence-electron chi connectivity index (χ3n) is 3.17. The maximum Gasteiger partial charge on any atom is 0.255 e. The Hall–Kier alpha value is -0.940. The number of carbonyl (C=O) groups excluding carboxylic acids is 1. The van der Waals surface area contributed by atoms with Crippen LogP contribution in [0.4, 0.5) is 4.39 Å². The van der Waals surface area contributed by atoms with Crippen LogP contribution in [0.3, 0.4) is 0 Å². The molecule has 1 heterocycles. The van der Waals surface area contributed by atoms with E-state index in [1.165, 1.54) is 12.1 Å². The van der Waals surface area contributed by atoms with Crippen LogP contribution in [-0.2, 0) is 0 Å². The van der Waals surface area contributed by atoms with Crippen LogP contribution in [0.2, 0.25) is 0 Å². The predicted octanol–water partition coefficient (Wildman–Crippen LogP) is 2.37. The molecule has 1 aliphatic heterocycles. The second kappa shape index (κ2) is 5.80. The number of nitrogens with zero attached hydrogens (tertiary/aromatic N) is 2. The lowest BCUT2D eigenvalue weighted by Gasteiger charge is -2.21. The van der Waals surface area contributed by atoms with E-state index in [0.717, 1.165) is 26.1 Å². The summed E-state index contributed by atoms with van der Waals surface area (Å²) < 4.78 is 13.9. The number of carbonyl (C=O) groups is 1. The zero-order valence-electron chi connectivity index (χ0n) is 10.3. The van der Waals surface area contributed by atoms with Crippen LogP contribution in [0.25, 0.3) is 0 Å². The van der Waals surface area contributed by atoms with Crippen molar-refractivity contribution in [3.8, 4) is 0 Å². The Bertz CT molecular complexity index is 453. The molecule has 1 fully saturated rings. The third kappa shape index (κ3) is 3.09. The Morgan fingerprint density at radius 2 is 2.06 bits per heavy atom.